The maximum Gasteiger partial charge on any atom is 0.339 e. The molecule has 4 heteroatoms. The van der Waals surface area contributed by atoms with E-state index in [-0.39, 0.29) is 17.9 Å². The van der Waals surface area contributed by atoms with Gasteiger partial charge >= 0.3 is 5.97 Å². The summed E-state index contributed by atoms with van der Waals surface area (Å²) in [6, 6.07) is 12.2. The van der Waals surface area contributed by atoms with Gasteiger partial charge in [-0.25, -0.2) is 9.18 Å². The fourth-order valence-electron chi connectivity index (χ4n) is 2.25. The van der Waals surface area contributed by atoms with Gasteiger partial charge in [0.2, 0.25) is 0 Å². The van der Waals surface area contributed by atoms with Crippen LogP contribution in [0.4, 0.5) is 4.39 Å². The van der Waals surface area contributed by atoms with Gasteiger partial charge in [0.1, 0.15) is 11.9 Å². The highest BCUT2D eigenvalue weighted by atomic mass is 79.9. The van der Waals surface area contributed by atoms with Gasteiger partial charge in [0.15, 0.2) is 0 Å². The summed E-state index contributed by atoms with van der Waals surface area (Å²) in [6.45, 7) is 0. The minimum atomic E-state index is -0.299. The minimum Gasteiger partial charge on any atom is -0.454 e. The SMILES string of the molecule is O=C1OC(Cc2ccc(F)c(Br)c2)c2ccccc21. The second-order valence-corrected chi connectivity index (χ2v) is 5.29. The molecule has 1 atom stereocenters. The first-order valence-electron chi connectivity index (χ1n) is 5.89. The molecule has 2 aromatic carbocycles. The molecular weight excluding hydrogens is 311 g/mol. The van der Waals surface area contributed by atoms with Gasteiger partial charge in [-0.15, -0.1) is 0 Å². The molecule has 96 valence electrons. The normalized spacial score (nSPS) is 17.2. The molecule has 0 radical (unpaired) electrons. The van der Waals surface area contributed by atoms with E-state index in [9.17, 15) is 9.18 Å². The lowest BCUT2D eigenvalue weighted by molar-refractivity contribution is 0.0387. The summed E-state index contributed by atoms with van der Waals surface area (Å²) in [7, 11) is 0. The van der Waals surface area contributed by atoms with Crippen molar-refractivity contribution in [2.45, 2.75) is 12.5 Å². The van der Waals surface area contributed by atoms with Gasteiger partial charge < -0.3 is 4.74 Å². The second kappa shape index (κ2) is 4.78. The molecule has 1 unspecified atom stereocenters. The van der Waals surface area contributed by atoms with Crippen molar-refractivity contribution >= 4 is 21.9 Å². The van der Waals surface area contributed by atoms with E-state index in [1.54, 1.807) is 18.2 Å². The van der Waals surface area contributed by atoms with Gasteiger partial charge in [-0.2, -0.15) is 0 Å². The third-order valence-corrected chi connectivity index (χ3v) is 3.79. The van der Waals surface area contributed by atoms with Crippen molar-refractivity contribution in [3.8, 4) is 0 Å². The predicted octanol–water partition coefficient (Wildman–Crippen LogP) is 4.04. The highest BCUT2D eigenvalue weighted by Gasteiger charge is 2.30. The van der Waals surface area contributed by atoms with E-state index in [0.717, 1.165) is 11.1 Å². The number of esters is 1. The average Bonchev–Trinajstić information content (AvgIpc) is 2.72. The van der Waals surface area contributed by atoms with E-state index >= 15 is 0 Å². The smallest absolute Gasteiger partial charge is 0.339 e. The van der Waals surface area contributed by atoms with Crippen molar-refractivity contribution in [2.75, 3.05) is 0 Å². The van der Waals surface area contributed by atoms with E-state index in [0.29, 0.717) is 16.5 Å². The van der Waals surface area contributed by atoms with E-state index in [1.807, 2.05) is 18.2 Å². The highest BCUT2D eigenvalue weighted by molar-refractivity contribution is 9.10. The number of carbonyl (C=O) groups is 1. The lowest BCUT2D eigenvalue weighted by Gasteiger charge is -2.11. The second-order valence-electron chi connectivity index (χ2n) is 4.43. The van der Waals surface area contributed by atoms with Gasteiger partial charge in [-0.05, 0) is 39.7 Å². The molecule has 0 saturated heterocycles. The molecule has 0 saturated carbocycles. The number of benzene rings is 2. The van der Waals surface area contributed by atoms with Crippen molar-refractivity contribution in [1.82, 2.24) is 0 Å². The molecule has 19 heavy (non-hydrogen) atoms. The Morgan fingerprint density at radius 3 is 2.79 bits per heavy atom. The molecule has 2 nitrogen and oxygen atoms in total. The molecule has 1 aliphatic rings. The zero-order chi connectivity index (χ0) is 13.4. The fourth-order valence-corrected chi connectivity index (χ4v) is 2.68. The van der Waals surface area contributed by atoms with Crippen molar-refractivity contribution in [3.05, 3.63) is 69.4 Å². The number of fused-ring (bicyclic) bond motifs is 1. The molecule has 0 fully saturated rings. The standard InChI is InChI=1S/C15H10BrFO2/c16-12-7-9(5-6-13(12)17)8-14-10-3-1-2-4-11(10)15(18)19-14/h1-7,14H,8H2. The number of cyclic esters (lactones) is 1. The topological polar surface area (TPSA) is 26.3 Å². The summed E-state index contributed by atoms with van der Waals surface area (Å²) < 4.78 is 19.0. The van der Waals surface area contributed by atoms with E-state index in [2.05, 4.69) is 15.9 Å². The Bertz CT molecular complexity index is 654. The molecule has 2 aromatic rings. The quantitative estimate of drug-likeness (QED) is 0.780. The van der Waals surface area contributed by atoms with Gasteiger partial charge in [-0.3, -0.25) is 0 Å². The summed E-state index contributed by atoms with van der Waals surface area (Å²) in [5.74, 6) is -0.589. The molecule has 0 amide bonds. The monoisotopic (exact) mass is 320 g/mol. The third kappa shape index (κ3) is 2.28. The summed E-state index contributed by atoms with van der Waals surface area (Å²) in [5.41, 5.74) is 2.43. The molecule has 1 heterocycles. The lowest BCUT2D eigenvalue weighted by Crippen LogP contribution is -2.02. The Balaban J connectivity index is 1.89. The molecule has 1 aliphatic heterocycles. The third-order valence-electron chi connectivity index (χ3n) is 3.18. The highest BCUT2D eigenvalue weighted by Crippen LogP contribution is 2.33. The fraction of sp³-hybridized carbons (Fsp3) is 0.133. The van der Waals surface area contributed by atoms with E-state index in [1.165, 1.54) is 6.07 Å². The Hall–Kier alpha value is -1.68. The Kier molecular flexibility index (Phi) is 3.11. The zero-order valence-corrected chi connectivity index (χ0v) is 11.5. The summed E-state index contributed by atoms with van der Waals surface area (Å²) in [4.78, 5) is 11.7. The van der Waals surface area contributed by atoms with Crippen LogP contribution in [0.5, 0.6) is 0 Å². The molecule has 0 aromatic heterocycles. The summed E-state index contributed by atoms with van der Waals surface area (Å²) >= 11 is 3.16. The average molecular weight is 321 g/mol. The minimum absolute atomic E-state index is 0.290. The molecule has 0 N–H and O–H groups in total. The van der Waals surface area contributed by atoms with Gasteiger partial charge in [0.25, 0.3) is 0 Å². The van der Waals surface area contributed by atoms with Crippen LogP contribution >= 0.6 is 15.9 Å². The number of hydrogen-bond acceptors (Lipinski definition) is 2. The van der Waals surface area contributed by atoms with Crippen LogP contribution in [0.1, 0.15) is 27.6 Å². The maximum absolute atomic E-state index is 13.2. The first-order chi connectivity index (χ1) is 9.15. The maximum atomic E-state index is 13.2. The summed E-state index contributed by atoms with van der Waals surface area (Å²) in [6.07, 6.45) is 0.253. The molecule has 0 spiro atoms. The number of hydrogen-bond donors (Lipinski definition) is 0. The van der Waals surface area contributed by atoms with Crippen LogP contribution in [-0.2, 0) is 11.2 Å². The first-order valence-corrected chi connectivity index (χ1v) is 6.68. The Labute approximate surface area is 118 Å². The van der Waals surface area contributed by atoms with E-state index < -0.39 is 0 Å². The van der Waals surface area contributed by atoms with Crippen LogP contribution in [0.2, 0.25) is 0 Å². The number of carbonyl (C=O) groups excluding carboxylic acids is 1. The number of ether oxygens (including phenoxy) is 1. The van der Waals surface area contributed by atoms with Crippen LogP contribution in [0, 0.1) is 5.82 Å². The van der Waals surface area contributed by atoms with Gasteiger partial charge in [0.05, 0.1) is 10.0 Å². The molecule has 0 bridgehead atoms. The van der Waals surface area contributed by atoms with Crippen molar-refractivity contribution in [3.63, 3.8) is 0 Å². The van der Waals surface area contributed by atoms with Gasteiger partial charge in [0, 0.05) is 12.0 Å². The van der Waals surface area contributed by atoms with Crippen molar-refractivity contribution in [2.24, 2.45) is 0 Å². The molecular formula is C15H10BrFO2. The van der Waals surface area contributed by atoms with Crippen molar-refractivity contribution in [1.29, 1.82) is 0 Å². The Morgan fingerprint density at radius 2 is 2.00 bits per heavy atom. The molecule has 0 aliphatic carbocycles. The van der Waals surface area contributed by atoms with Crippen LogP contribution in [-0.4, -0.2) is 5.97 Å². The number of halogens is 2. The van der Waals surface area contributed by atoms with E-state index in [4.69, 9.17) is 4.74 Å². The van der Waals surface area contributed by atoms with Crippen LogP contribution < -0.4 is 0 Å². The van der Waals surface area contributed by atoms with Crippen LogP contribution in [0.3, 0.4) is 0 Å². The predicted molar refractivity (Wildman–Crippen MR) is 72.4 cm³/mol. The van der Waals surface area contributed by atoms with Crippen LogP contribution in [0.15, 0.2) is 46.9 Å². The molecule has 3 rings (SSSR count). The largest absolute Gasteiger partial charge is 0.454 e. The lowest BCUT2D eigenvalue weighted by atomic mass is 9.99. The number of rotatable bonds is 2. The van der Waals surface area contributed by atoms with Crippen LogP contribution in [0.25, 0.3) is 0 Å². The Morgan fingerprint density at radius 1 is 1.21 bits per heavy atom. The zero-order valence-electron chi connectivity index (χ0n) is 9.90. The summed E-state index contributed by atoms with van der Waals surface area (Å²) in [5, 5.41) is 0. The van der Waals surface area contributed by atoms with Crippen molar-refractivity contribution < 1.29 is 13.9 Å². The van der Waals surface area contributed by atoms with Gasteiger partial charge in [-0.1, -0.05) is 24.3 Å². The first kappa shape index (κ1) is 12.4.